The van der Waals surface area contributed by atoms with Gasteiger partial charge in [0.1, 0.15) is 0 Å². The molecule has 4 N–H and O–H groups in total. The van der Waals surface area contributed by atoms with Gasteiger partial charge in [-0.25, -0.2) is 0 Å². The Morgan fingerprint density at radius 3 is 2.57 bits per heavy atom. The van der Waals surface area contributed by atoms with Crippen molar-refractivity contribution in [3.63, 3.8) is 0 Å². The number of nitrogens with one attached hydrogen (secondary N) is 1. The summed E-state index contributed by atoms with van der Waals surface area (Å²) in [7, 11) is 0. The molecular formula is C10H20N2O2. The van der Waals surface area contributed by atoms with Gasteiger partial charge in [-0.05, 0) is 24.7 Å². The van der Waals surface area contributed by atoms with E-state index < -0.39 is 6.04 Å². The molecule has 0 aromatic rings. The molecule has 1 aliphatic carbocycles. The van der Waals surface area contributed by atoms with Crippen molar-refractivity contribution in [1.29, 1.82) is 0 Å². The first kappa shape index (κ1) is 11.5. The normalized spacial score (nSPS) is 28.4. The number of nitrogens with two attached hydrogens (primary N) is 1. The van der Waals surface area contributed by atoms with E-state index in [1.165, 1.54) is 0 Å². The molecule has 0 aliphatic heterocycles. The van der Waals surface area contributed by atoms with Gasteiger partial charge >= 0.3 is 0 Å². The standard InChI is InChI=1S/C10H20N2O2/c1-6(2)9(11)10(14)12-5-7-3-8(13)4-7/h6-9,13H,3-5,11H2,1-2H3,(H,12,14)/t7?,8?,9-/m1/s1. The number of aliphatic hydroxyl groups excluding tert-OH is 1. The Morgan fingerprint density at radius 1 is 1.57 bits per heavy atom. The summed E-state index contributed by atoms with van der Waals surface area (Å²) >= 11 is 0. The Labute approximate surface area is 84.9 Å². The molecule has 1 atom stereocenters. The van der Waals surface area contributed by atoms with E-state index in [2.05, 4.69) is 5.32 Å². The van der Waals surface area contributed by atoms with Crippen LogP contribution in [0.1, 0.15) is 26.7 Å². The molecule has 1 saturated carbocycles. The first-order valence-electron chi connectivity index (χ1n) is 5.22. The van der Waals surface area contributed by atoms with E-state index in [-0.39, 0.29) is 17.9 Å². The Morgan fingerprint density at radius 2 is 2.14 bits per heavy atom. The van der Waals surface area contributed by atoms with Gasteiger partial charge in [0.15, 0.2) is 0 Å². The van der Waals surface area contributed by atoms with Gasteiger partial charge in [0.25, 0.3) is 0 Å². The van der Waals surface area contributed by atoms with Gasteiger partial charge in [-0.2, -0.15) is 0 Å². The van der Waals surface area contributed by atoms with E-state index in [0.29, 0.717) is 12.5 Å². The van der Waals surface area contributed by atoms with Gasteiger partial charge in [0, 0.05) is 6.54 Å². The molecule has 1 fully saturated rings. The summed E-state index contributed by atoms with van der Waals surface area (Å²) in [6.07, 6.45) is 1.45. The molecule has 0 aromatic heterocycles. The monoisotopic (exact) mass is 200 g/mol. The summed E-state index contributed by atoms with van der Waals surface area (Å²) in [5.74, 6) is 0.525. The maximum atomic E-state index is 11.4. The number of rotatable bonds is 4. The van der Waals surface area contributed by atoms with Crippen molar-refractivity contribution in [2.45, 2.75) is 38.8 Å². The summed E-state index contributed by atoms with van der Waals surface area (Å²) in [5.41, 5.74) is 5.67. The lowest BCUT2D eigenvalue weighted by molar-refractivity contribution is -0.123. The number of hydrogen-bond acceptors (Lipinski definition) is 3. The first-order valence-corrected chi connectivity index (χ1v) is 5.22. The number of hydrogen-bond donors (Lipinski definition) is 3. The summed E-state index contributed by atoms with van der Waals surface area (Å²) < 4.78 is 0. The molecule has 1 rings (SSSR count). The van der Waals surface area contributed by atoms with E-state index in [1.807, 2.05) is 13.8 Å². The van der Waals surface area contributed by atoms with Crippen LogP contribution in [0.15, 0.2) is 0 Å². The number of carbonyl (C=O) groups excluding carboxylic acids is 1. The maximum absolute atomic E-state index is 11.4. The van der Waals surface area contributed by atoms with Crippen LogP contribution in [0.3, 0.4) is 0 Å². The molecule has 0 unspecified atom stereocenters. The van der Waals surface area contributed by atoms with Crippen LogP contribution in [-0.4, -0.2) is 29.7 Å². The summed E-state index contributed by atoms with van der Waals surface area (Å²) in [6, 6.07) is -0.417. The van der Waals surface area contributed by atoms with Crippen LogP contribution >= 0.6 is 0 Å². The zero-order chi connectivity index (χ0) is 10.7. The predicted molar refractivity (Wildman–Crippen MR) is 54.6 cm³/mol. The lowest BCUT2D eigenvalue weighted by Crippen LogP contribution is -2.47. The average molecular weight is 200 g/mol. The largest absolute Gasteiger partial charge is 0.393 e. The van der Waals surface area contributed by atoms with Gasteiger partial charge < -0.3 is 16.2 Å². The molecule has 0 radical (unpaired) electrons. The molecular weight excluding hydrogens is 180 g/mol. The lowest BCUT2D eigenvalue weighted by atomic mass is 9.82. The second kappa shape index (κ2) is 4.75. The van der Waals surface area contributed by atoms with Crippen molar-refractivity contribution in [1.82, 2.24) is 5.32 Å². The van der Waals surface area contributed by atoms with Crippen LogP contribution in [0.4, 0.5) is 0 Å². The number of amides is 1. The van der Waals surface area contributed by atoms with E-state index in [4.69, 9.17) is 10.8 Å². The van der Waals surface area contributed by atoms with Crippen molar-refractivity contribution in [3.05, 3.63) is 0 Å². The van der Waals surface area contributed by atoms with Crippen LogP contribution in [0.5, 0.6) is 0 Å². The second-order valence-electron chi connectivity index (χ2n) is 4.51. The molecule has 4 nitrogen and oxygen atoms in total. The minimum absolute atomic E-state index is 0.0820. The number of carbonyl (C=O) groups is 1. The molecule has 1 aliphatic rings. The molecule has 4 heteroatoms. The number of aliphatic hydroxyl groups is 1. The third-order valence-corrected chi connectivity index (χ3v) is 2.80. The minimum Gasteiger partial charge on any atom is -0.393 e. The highest BCUT2D eigenvalue weighted by molar-refractivity contribution is 5.81. The minimum atomic E-state index is -0.417. The summed E-state index contributed by atoms with van der Waals surface area (Å²) in [4.78, 5) is 11.4. The molecule has 0 spiro atoms. The van der Waals surface area contributed by atoms with Gasteiger partial charge in [-0.1, -0.05) is 13.8 Å². The molecule has 1 amide bonds. The van der Waals surface area contributed by atoms with E-state index in [1.54, 1.807) is 0 Å². The average Bonchev–Trinajstić information content (AvgIpc) is 2.08. The SMILES string of the molecule is CC(C)[C@@H](N)C(=O)NCC1CC(O)C1. The molecule has 14 heavy (non-hydrogen) atoms. The van der Waals surface area contributed by atoms with E-state index in [0.717, 1.165) is 12.8 Å². The second-order valence-corrected chi connectivity index (χ2v) is 4.51. The fourth-order valence-corrected chi connectivity index (χ4v) is 1.53. The van der Waals surface area contributed by atoms with Crippen LogP contribution in [0.2, 0.25) is 0 Å². The Hall–Kier alpha value is -0.610. The van der Waals surface area contributed by atoms with E-state index in [9.17, 15) is 4.79 Å². The van der Waals surface area contributed by atoms with Gasteiger partial charge in [0.05, 0.1) is 12.1 Å². The van der Waals surface area contributed by atoms with Crippen molar-refractivity contribution in [2.24, 2.45) is 17.6 Å². The maximum Gasteiger partial charge on any atom is 0.237 e. The smallest absolute Gasteiger partial charge is 0.237 e. The van der Waals surface area contributed by atoms with Gasteiger partial charge in [0.2, 0.25) is 5.91 Å². The van der Waals surface area contributed by atoms with Crippen molar-refractivity contribution < 1.29 is 9.90 Å². The van der Waals surface area contributed by atoms with Crippen LogP contribution in [-0.2, 0) is 4.79 Å². The van der Waals surface area contributed by atoms with E-state index >= 15 is 0 Å². The molecule has 0 aromatic carbocycles. The van der Waals surface area contributed by atoms with Gasteiger partial charge in [-0.3, -0.25) is 4.79 Å². The molecule has 0 heterocycles. The first-order chi connectivity index (χ1) is 6.50. The highest BCUT2D eigenvalue weighted by atomic mass is 16.3. The highest BCUT2D eigenvalue weighted by Gasteiger charge is 2.28. The fraction of sp³-hybridized carbons (Fsp3) is 0.900. The zero-order valence-electron chi connectivity index (χ0n) is 8.86. The van der Waals surface area contributed by atoms with Crippen molar-refractivity contribution >= 4 is 5.91 Å². The summed E-state index contributed by atoms with van der Waals surface area (Å²) in [6.45, 7) is 4.50. The van der Waals surface area contributed by atoms with Crippen LogP contribution in [0, 0.1) is 11.8 Å². The Bertz CT molecular complexity index is 200. The predicted octanol–water partition coefficient (Wildman–Crippen LogP) is -0.143. The molecule has 0 saturated heterocycles. The van der Waals surface area contributed by atoms with Crippen molar-refractivity contribution in [3.8, 4) is 0 Å². The van der Waals surface area contributed by atoms with Gasteiger partial charge in [-0.15, -0.1) is 0 Å². The van der Waals surface area contributed by atoms with Crippen LogP contribution < -0.4 is 11.1 Å². The Kier molecular flexibility index (Phi) is 3.89. The summed E-state index contributed by atoms with van der Waals surface area (Å²) in [5, 5.41) is 11.9. The topological polar surface area (TPSA) is 75.4 Å². The van der Waals surface area contributed by atoms with Crippen molar-refractivity contribution in [2.75, 3.05) is 6.54 Å². The Balaban J connectivity index is 2.15. The molecule has 0 bridgehead atoms. The zero-order valence-corrected chi connectivity index (χ0v) is 8.86. The third-order valence-electron chi connectivity index (χ3n) is 2.80. The lowest BCUT2D eigenvalue weighted by Gasteiger charge is -2.31. The third kappa shape index (κ3) is 2.96. The quantitative estimate of drug-likeness (QED) is 0.591. The highest BCUT2D eigenvalue weighted by Crippen LogP contribution is 2.26. The fourth-order valence-electron chi connectivity index (χ4n) is 1.53. The van der Waals surface area contributed by atoms with Crippen LogP contribution in [0.25, 0.3) is 0 Å². The molecule has 82 valence electrons.